The molecule has 112 valence electrons. The van der Waals surface area contributed by atoms with Crippen molar-refractivity contribution in [1.82, 2.24) is 5.32 Å². The Bertz CT molecular complexity index is 451. The van der Waals surface area contributed by atoms with E-state index >= 15 is 0 Å². The van der Waals surface area contributed by atoms with Gasteiger partial charge in [0.2, 0.25) is 0 Å². The van der Waals surface area contributed by atoms with E-state index in [1.54, 1.807) is 0 Å². The van der Waals surface area contributed by atoms with Crippen LogP contribution in [0.4, 0.5) is 0 Å². The molecule has 1 saturated carbocycles. The summed E-state index contributed by atoms with van der Waals surface area (Å²) in [5, 5.41) is 13.3. The fourth-order valence-corrected chi connectivity index (χ4v) is 3.39. The fourth-order valence-electron chi connectivity index (χ4n) is 2.03. The number of aliphatic hydroxyl groups is 1. The molecule has 0 aromatic heterocycles. The van der Waals surface area contributed by atoms with Crippen LogP contribution in [0.25, 0.3) is 0 Å². The summed E-state index contributed by atoms with van der Waals surface area (Å²) in [5.41, 5.74) is 1.18. The van der Waals surface area contributed by atoms with Crippen molar-refractivity contribution in [2.24, 2.45) is 0 Å². The summed E-state index contributed by atoms with van der Waals surface area (Å²) < 4.78 is 6.99. The molecule has 0 aliphatic heterocycles. The highest BCUT2D eigenvalue weighted by Crippen LogP contribution is 2.46. The first-order valence-electron chi connectivity index (χ1n) is 6.87. The van der Waals surface area contributed by atoms with Gasteiger partial charge in [0.25, 0.3) is 0 Å². The molecule has 1 atom stereocenters. The number of nitrogens with one attached hydrogen (secondary N) is 1. The number of rotatable bonds is 8. The first-order chi connectivity index (χ1) is 9.54. The van der Waals surface area contributed by atoms with Crippen molar-refractivity contribution in [1.29, 1.82) is 0 Å². The van der Waals surface area contributed by atoms with Crippen LogP contribution in [0.1, 0.15) is 18.4 Å². The second-order valence-electron chi connectivity index (χ2n) is 5.42. The lowest BCUT2D eigenvalue weighted by molar-refractivity contribution is 0.106. The Kier molecular flexibility index (Phi) is 5.78. The molecule has 0 spiro atoms. The van der Waals surface area contributed by atoms with Crippen LogP contribution in [-0.2, 0) is 0 Å². The maximum absolute atomic E-state index is 9.94. The summed E-state index contributed by atoms with van der Waals surface area (Å²) in [5.74, 6) is 0.775. The van der Waals surface area contributed by atoms with Gasteiger partial charge in [0.15, 0.2) is 0 Å². The van der Waals surface area contributed by atoms with Gasteiger partial charge in [-0.15, -0.1) is 0 Å². The van der Waals surface area contributed by atoms with Crippen LogP contribution >= 0.6 is 27.7 Å². The summed E-state index contributed by atoms with van der Waals surface area (Å²) in [6, 6.07) is 5.93. The quantitative estimate of drug-likeness (QED) is 0.748. The molecule has 2 rings (SSSR count). The molecular weight excluding hydrogens is 338 g/mol. The van der Waals surface area contributed by atoms with Gasteiger partial charge in [-0.2, -0.15) is 11.8 Å². The van der Waals surface area contributed by atoms with Crippen molar-refractivity contribution in [3.05, 3.63) is 28.2 Å². The van der Waals surface area contributed by atoms with E-state index in [2.05, 4.69) is 27.5 Å². The number of hydrogen-bond acceptors (Lipinski definition) is 4. The van der Waals surface area contributed by atoms with Crippen molar-refractivity contribution in [3.63, 3.8) is 0 Å². The van der Waals surface area contributed by atoms with Gasteiger partial charge in [-0.1, -0.05) is 6.07 Å². The average molecular weight is 360 g/mol. The van der Waals surface area contributed by atoms with E-state index in [1.165, 1.54) is 18.4 Å². The van der Waals surface area contributed by atoms with E-state index in [-0.39, 0.29) is 0 Å². The Balaban J connectivity index is 1.68. The van der Waals surface area contributed by atoms with E-state index in [9.17, 15) is 5.11 Å². The molecule has 1 aromatic rings. The van der Waals surface area contributed by atoms with E-state index in [0.717, 1.165) is 16.8 Å². The van der Waals surface area contributed by atoms with Crippen LogP contribution in [-0.4, -0.2) is 41.9 Å². The number of aryl methyl sites for hydroxylation is 1. The van der Waals surface area contributed by atoms with Gasteiger partial charge < -0.3 is 15.2 Å². The van der Waals surface area contributed by atoms with Crippen LogP contribution in [0.2, 0.25) is 0 Å². The molecular formula is C15H22BrNO2S. The largest absolute Gasteiger partial charge is 0.490 e. The lowest BCUT2D eigenvalue weighted by Gasteiger charge is -2.17. The zero-order valence-electron chi connectivity index (χ0n) is 12.0. The van der Waals surface area contributed by atoms with E-state index in [0.29, 0.717) is 17.9 Å². The van der Waals surface area contributed by atoms with Gasteiger partial charge in [0.1, 0.15) is 18.5 Å². The predicted molar refractivity (Wildman–Crippen MR) is 88.7 cm³/mol. The predicted octanol–water partition coefficient (Wildman–Crippen LogP) is 2.98. The molecule has 1 unspecified atom stereocenters. The fraction of sp³-hybridized carbons (Fsp3) is 0.600. The molecule has 0 amide bonds. The summed E-state index contributed by atoms with van der Waals surface area (Å²) in [7, 11) is 0. The lowest BCUT2D eigenvalue weighted by Crippen LogP contribution is -2.35. The number of hydrogen-bond donors (Lipinski definition) is 2. The Morgan fingerprint density at radius 3 is 2.85 bits per heavy atom. The second kappa shape index (κ2) is 7.16. The highest BCUT2D eigenvalue weighted by Gasteiger charge is 2.41. The SMILES string of the molecule is CSC1(CNCC(O)COc2ccc(C)cc2Br)CC1. The van der Waals surface area contributed by atoms with Crippen LogP contribution in [0, 0.1) is 6.92 Å². The molecule has 2 N–H and O–H groups in total. The molecule has 1 aromatic carbocycles. The molecule has 3 nitrogen and oxygen atoms in total. The third kappa shape index (κ3) is 4.65. The highest BCUT2D eigenvalue weighted by molar-refractivity contribution is 9.10. The molecule has 5 heteroatoms. The Morgan fingerprint density at radius 1 is 1.50 bits per heavy atom. The molecule has 0 heterocycles. The van der Waals surface area contributed by atoms with Crippen molar-refractivity contribution < 1.29 is 9.84 Å². The molecule has 0 bridgehead atoms. The summed E-state index contributed by atoms with van der Waals surface area (Å²) in [6.07, 6.45) is 4.23. The normalized spacial score (nSPS) is 17.8. The van der Waals surface area contributed by atoms with Crippen molar-refractivity contribution >= 4 is 27.7 Å². The zero-order chi connectivity index (χ0) is 14.6. The molecule has 20 heavy (non-hydrogen) atoms. The van der Waals surface area contributed by atoms with Crippen molar-refractivity contribution in [3.8, 4) is 5.75 Å². The first-order valence-corrected chi connectivity index (χ1v) is 8.89. The number of halogens is 1. The monoisotopic (exact) mass is 359 g/mol. The van der Waals surface area contributed by atoms with E-state index < -0.39 is 6.10 Å². The van der Waals surface area contributed by atoms with Crippen LogP contribution in [0.3, 0.4) is 0 Å². The number of aliphatic hydroxyl groups excluding tert-OH is 1. The van der Waals surface area contributed by atoms with E-state index in [4.69, 9.17) is 4.74 Å². The molecule has 0 saturated heterocycles. The molecule has 1 aliphatic carbocycles. The van der Waals surface area contributed by atoms with Gasteiger partial charge in [-0.25, -0.2) is 0 Å². The van der Waals surface area contributed by atoms with Crippen molar-refractivity contribution in [2.75, 3.05) is 26.0 Å². The van der Waals surface area contributed by atoms with Gasteiger partial charge in [-0.3, -0.25) is 0 Å². The van der Waals surface area contributed by atoms with E-state index in [1.807, 2.05) is 36.9 Å². The zero-order valence-corrected chi connectivity index (χ0v) is 14.4. The summed E-state index contributed by atoms with van der Waals surface area (Å²) >= 11 is 5.39. The first kappa shape index (κ1) is 16.1. The Hall–Kier alpha value is -0.230. The maximum atomic E-state index is 9.94. The topological polar surface area (TPSA) is 41.5 Å². The highest BCUT2D eigenvalue weighted by atomic mass is 79.9. The van der Waals surface area contributed by atoms with Gasteiger partial charge in [-0.05, 0) is 59.6 Å². The standard InChI is InChI=1S/C15H22BrNO2S/c1-11-3-4-14(13(16)7-11)19-9-12(18)8-17-10-15(20-2)5-6-15/h3-4,7,12,17-18H,5-6,8-10H2,1-2H3. The van der Waals surface area contributed by atoms with Gasteiger partial charge in [0, 0.05) is 17.8 Å². The Labute approximate surface area is 133 Å². The Morgan fingerprint density at radius 2 is 2.25 bits per heavy atom. The third-order valence-corrected chi connectivity index (χ3v) is 5.62. The van der Waals surface area contributed by atoms with Crippen LogP contribution in [0.15, 0.2) is 22.7 Å². The number of thioether (sulfide) groups is 1. The third-order valence-electron chi connectivity index (χ3n) is 3.59. The smallest absolute Gasteiger partial charge is 0.133 e. The molecule has 1 aliphatic rings. The second-order valence-corrected chi connectivity index (χ2v) is 7.55. The minimum absolute atomic E-state index is 0.306. The van der Waals surface area contributed by atoms with Gasteiger partial charge >= 0.3 is 0 Å². The number of ether oxygens (including phenoxy) is 1. The van der Waals surface area contributed by atoms with Gasteiger partial charge in [0.05, 0.1) is 4.47 Å². The van der Waals surface area contributed by atoms with Crippen LogP contribution < -0.4 is 10.1 Å². The molecule has 0 radical (unpaired) electrons. The number of benzene rings is 1. The summed E-state index contributed by atoms with van der Waals surface area (Å²) in [6.45, 7) is 3.89. The van der Waals surface area contributed by atoms with Crippen molar-refractivity contribution in [2.45, 2.75) is 30.6 Å². The lowest BCUT2D eigenvalue weighted by atomic mass is 10.2. The minimum Gasteiger partial charge on any atom is -0.490 e. The average Bonchev–Trinajstić information content (AvgIpc) is 3.18. The van der Waals surface area contributed by atoms with Crippen LogP contribution in [0.5, 0.6) is 5.75 Å². The summed E-state index contributed by atoms with van der Waals surface area (Å²) in [4.78, 5) is 0. The maximum Gasteiger partial charge on any atom is 0.133 e. The minimum atomic E-state index is -0.485. The molecule has 1 fully saturated rings.